The molecule has 20 heavy (non-hydrogen) atoms. The van der Waals surface area contributed by atoms with Crippen molar-refractivity contribution in [3.63, 3.8) is 0 Å². The van der Waals surface area contributed by atoms with E-state index < -0.39 is 14.7 Å². The molecule has 0 radical (unpaired) electrons. The molecule has 0 spiro atoms. The smallest absolute Gasteiger partial charge is 0.160 e. The topological polar surface area (TPSA) is 0 Å². The fourth-order valence-electron chi connectivity index (χ4n) is 2.29. The van der Waals surface area contributed by atoms with Crippen LogP contribution in [-0.2, 0) is 0 Å². The number of halogens is 4. The number of rotatable bonds is 1. The Morgan fingerprint density at radius 3 is 2.10 bits per heavy atom. The monoisotopic (exact) mass is 314 g/mol. The van der Waals surface area contributed by atoms with Gasteiger partial charge in [-0.2, -0.15) is 13.2 Å². The second-order valence-corrected chi connectivity index (χ2v) is 8.20. The van der Waals surface area contributed by atoms with Crippen molar-refractivity contribution >= 4 is 30.9 Å². The van der Waals surface area contributed by atoms with Crippen molar-refractivity contribution in [1.82, 2.24) is 0 Å². The fourth-order valence-corrected chi connectivity index (χ4v) is 5.32. The summed E-state index contributed by atoms with van der Waals surface area (Å²) < 4.78 is 40.9. The van der Waals surface area contributed by atoms with Crippen LogP contribution in [-0.4, -0.2) is 5.51 Å². The Balaban J connectivity index is 2.26. The molecule has 0 N–H and O–H groups in total. The minimum atomic E-state index is -4.48. The Morgan fingerprint density at radius 2 is 1.45 bits per heavy atom. The van der Waals surface area contributed by atoms with Crippen LogP contribution >= 0.6 is 19.9 Å². The van der Waals surface area contributed by atoms with Gasteiger partial charge >= 0.3 is 5.51 Å². The Hall–Kier alpha value is -1.39. The van der Waals surface area contributed by atoms with Crippen LogP contribution in [0.25, 0.3) is 11.0 Å². The summed E-state index contributed by atoms with van der Waals surface area (Å²) in [6.07, 6.45) is 1.56. The summed E-state index contributed by atoms with van der Waals surface area (Å²) in [6, 6.07) is 15.0. The van der Waals surface area contributed by atoms with Crippen molar-refractivity contribution in [3.05, 3.63) is 65.7 Å². The van der Waals surface area contributed by atoms with Crippen molar-refractivity contribution in [1.29, 1.82) is 0 Å². The van der Waals surface area contributed by atoms with Gasteiger partial charge in [-0.25, -0.2) is 0 Å². The average molecular weight is 315 g/mol. The van der Waals surface area contributed by atoms with Crippen LogP contribution in [0.15, 0.2) is 59.5 Å². The normalized spacial score (nSPS) is 24.7. The molecular weight excluding hydrogens is 305 g/mol. The maximum absolute atomic E-state index is 13.6. The lowest BCUT2D eigenvalue weighted by Gasteiger charge is -2.34. The number of hydrogen-bond acceptors (Lipinski definition) is 0. The summed E-state index contributed by atoms with van der Waals surface area (Å²) >= 11 is 0. The molecule has 0 fully saturated rings. The third-order valence-electron chi connectivity index (χ3n) is 3.19. The van der Waals surface area contributed by atoms with E-state index in [1.54, 1.807) is 54.6 Å². The molecule has 0 amide bonds. The summed E-state index contributed by atoms with van der Waals surface area (Å²) in [7, 11) is 2.63. The Labute approximate surface area is 120 Å². The molecular formula is C15H10ClF3S. The second-order valence-electron chi connectivity index (χ2n) is 4.40. The molecule has 2 aromatic carbocycles. The maximum atomic E-state index is 13.6. The zero-order chi connectivity index (χ0) is 14.4. The van der Waals surface area contributed by atoms with Gasteiger partial charge in [0.05, 0.1) is 0 Å². The molecule has 1 heterocycles. The Kier molecular flexibility index (Phi) is 3.10. The lowest BCUT2D eigenvalue weighted by Crippen LogP contribution is -2.15. The number of hydrogen-bond donors (Lipinski definition) is 0. The fraction of sp³-hybridized carbons (Fsp3) is 0.0667. The largest absolute Gasteiger partial charge is 0.446 e. The van der Waals surface area contributed by atoms with Crippen LogP contribution in [0.5, 0.6) is 0 Å². The van der Waals surface area contributed by atoms with Gasteiger partial charge in [0, 0.05) is 9.80 Å². The van der Waals surface area contributed by atoms with E-state index in [1.807, 2.05) is 0 Å². The van der Waals surface area contributed by atoms with Crippen LogP contribution in [0.2, 0.25) is 0 Å². The zero-order valence-corrected chi connectivity index (χ0v) is 11.8. The van der Waals surface area contributed by atoms with Gasteiger partial charge in [0.25, 0.3) is 0 Å². The minimum Gasteiger partial charge on any atom is -0.160 e. The van der Waals surface area contributed by atoms with Gasteiger partial charge in [0.15, 0.2) is 0 Å². The zero-order valence-electron chi connectivity index (χ0n) is 10.2. The summed E-state index contributed by atoms with van der Waals surface area (Å²) in [5.74, 6) is 0. The number of benzene rings is 2. The van der Waals surface area contributed by atoms with Gasteiger partial charge in [-0.15, -0.1) is 0 Å². The van der Waals surface area contributed by atoms with Crippen molar-refractivity contribution in [3.8, 4) is 0 Å². The van der Waals surface area contributed by atoms with Crippen LogP contribution in [0.1, 0.15) is 11.1 Å². The molecule has 0 saturated heterocycles. The molecule has 1 unspecified atom stereocenters. The van der Waals surface area contributed by atoms with Gasteiger partial charge in [-0.1, -0.05) is 48.5 Å². The van der Waals surface area contributed by atoms with Crippen LogP contribution in [0.4, 0.5) is 13.2 Å². The molecule has 0 bridgehead atoms. The molecule has 2 aromatic rings. The van der Waals surface area contributed by atoms with Gasteiger partial charge in [0.1, 0.15) is 0 Å². The lowest BCUT2D eigenvalue weighted by molar-refractivity contribution is -0.0354. The molecule has 1 atom stereocenters. The quantitative estimate of drug-likeness (QED) is 0.602. The molecule has 1 aliphatic rings. The Bertz CT molecular complexity index is 679. The molecule has 3 rings (SSSR count). The molecule has 0 aromatic heterocycles. The first-order valence-corrected chi connectivity index (χ1v) is 8.36. The van der Waals surface area contributed by atoms with Crippen LogP contribution in [0, 0.1) is 0 Å². The third kappa shape index (κ3) is 1.86. The second kappa shape index (κ2) is 4.57. The van der Waals surface area contributed by atoms with E-state index in [1.165, 1.54) is 6.07 Å². The predicted molar refractivity (Wildman–Crippen MR) is 78.5 cm³/mol. The van der Waals surface area contributed by atoms with Gasteiger partial charge in [-0.05, 0) is 43.2 Å². The van der Waals surface area contributed by atoms with E-state index in [2.05, 4.69) is 0 Å². The first-order chi connectivity index (χ1) is 9.44. The van der Waals surface area contributed by atoms with E-state index in [0.717, 1.165) is 0 Å². The van der Waals surface area contributed by atoms with Crippen LogP contribution < -0.4 is 0 Å². The van der Waals surface area contributed by atoms with Gasteiger partial charge < -0.3 is 0 Å². The molecule has 0 aliphatic carbocycles. The highest BCUT2D eigenvalue weighted by molar-refractivity contribution is 8.58. The van der Waals surface area contributed by atoms with E-state index in [9.17, 15) is 13.2 Å². The van der Waals surface area contributed by atoms with Crippen molar-refractivity contribution in [2.24, 2.45) is 0 Å². The van der Waals surface area contributed by atoms with Gasteiger partial charge in [-0.3, -0.25) is 0 Å². The third-order valence-corrected chi connectivity index (χ3v) is 7.29. The van der Waals surface area contributed by atoms with Gasteiger partial charge in [0.2, 0.25) is 0 Å². The average Bonchev–Trinajstić information content (AvgIpc) is 2.75. The van der Waals surface area contributed by atoms with E-state index >= 15 is 0 Å². The molecule has 0 nitrogen and oxygen atoms in total. The highest BCUT2D eigenvalue weighted by Crippen LogP contribution is 2.81. The summed E-state index contributed by atoms with van der Waals surface area (Å²) in [5, 5.41) is 0. The molecule has 1 aliphatic heterocycles. The SMILES string of the molecule is FC(F)(F)S1(Cl)C(c2ccccc2)=Cc2ccccc21. The number of fused-ring (bicyclic) bond motifs is 1. The van der Waals surface area contributed by atoms with Crippen molar-refractivity contribution < 1.29 is 13.2 Å². The summed E-state index contributed by atoms with van der Waals surface area (Å²) in [4.78, 5) is 0.335. The first-order valence-electron chi connectivity index (χ1n) is 5.90. The highest BCUT2D eigenvalue weighted by atomic mass is 35.7. The van der Waals surface area contributed by atoms with Crippen LogP contribution in [0.3, 0.4) is 0 Å². The predicted octanol–water partition coefficient (Wildman–Crippen LogP) is 6.04. The standard InChI is InChI=1S/C15H10ClF3S/c16-20(15(17,18)19)13-9-5-4-8-12(13)10-14(20)11-6-2-1-3-7-11/h1-10H. The summed E-state index contributed by atoms with van der Waals surface area (Å²) in [5.41, 5.74) is -3.41. The first kappa shape index (κ1) is 13.6. The molecule has 5 heteroatoms. The van der Waals surface area contributed by atoms with E-state index in [-0.39, 0.29) is 9.80 Å². The molecule has 0 saturated carbocycles. The summed E-state index contributed by atoms with van der Waals surface area (Å²) in [6.45, 7) is 0. The van der Waals surface area contributed by atoms with Crippen molar-refractivity contribution in [2.75, 3.05) is 0 Å². The Morgan fingerprint density at radius 1 is 0.850 bits per heavy atom. The van der Waals surface area contributed by atoms with E-state index in [0.29, 0.717) is 11.1 Å². The highest BCUT2D eigenvalue weighted by Gasteiger charge is 2.56. The maximum Gasteiger partial charge on any atom is 0.446 e. The molecule has 104 valence electrons. The van der Waals surface area contributed by atoms with E-state index in [4.69, 9.17) is 10.7 Å². The lowest BCUT2D eigenvalue weighted by atomic mass is 10.1. The number of alkyl halides is 3. The minimum absolute atomic E-state index is 0.161. The van der Waals surface area contributed by atoms with Crippen molar-refractivity contribution in [2.45, 2.75) is 10.4 Å².